The summed E-state index contributed by atoms with van der Waals surface area (Å²) in [7, 11) is 0. The average molecular weight is 468 g/mol. The molecule has 0 aliphatic rings. The van der Waals surface area contributed by atoms with E-state index in [2.05, 4.69) is 59.9 Å². The topological polar surface area (TPSA) is 54.9 Å². The monoisotopic (exact) mass is 467 g/mol. The molecule has 0 aliphatic carbocycles. The number of aromatic nitrogens is 2. The summed E-state index contributed by atoms with van der Waals surface area (Å²) in [4.78, 5) is 24.2. The molecule has 6 heteroatoms. The molecule has 1 N–H and O–H groups in total. The molecular weight excluding hydrogens is 446 g/mol. The lowest BCUT2D eigenvalue weighted by atomic mass is 10.1. The zero-order chi connectivity index (χ0) is 22.8. The highest BCUT2D eigenvalue weighted by atomic mass is 32.1. The summed E-state index contributed by atoms with van der Waals surface area (Å²) in [6, 6.07) is 23.6. The van der Waals surface area contributed by atoms with E-state index >= 15 is 0 Å². The Morgan fingerprint density at radius 2 is 1.73 bits per heavy atom. The van der Waals surface area contributed by atoms with E-state index in [4.69, 9.17) is 4.98 Å². The van der Waals surface area contributed by atoms with Crippen LogP contribution in [-0.2, 0) is 0 Å². The number of nitrogens with zero attached hydrogens (tertiary/aromatic N) is 2. The molecule has 0 radical (unpaired) electrons. The molecule has 4 nitrogen and oxygen atoms in total. The minimum absolute atomic E-state index is 0.182. The van der Waals surface area contributed by atoms with Gasteiger partial charge < -0.3 is 5.32 Å². The zero-order valence-corrected chi connectivity index (χ0v) is 19.8. The number of thiazole rings is 1. The summed E-state index contributed by atoms with van der Waals surface area (Å²) >= 11 is 3.37. The van der Waals surface area contributed by atoms with Crippen LogP contribution in [0.2, 0.25) is 0 Å². The van der Waals surface area contributed by atoms with Gasteiger partial charge in [-0.05, 0) is 66.8 Å². The minimum atomic E-state index is -0.182. The highest BCUT2D eigenvalue weighted by Crippen LogP contribution is 2.42. The van der Waals surface area contributed by atoms with Gasteiger partial charge in [-0.25, -0.2) is 9.97 Å². The predicted octanol–water partition coefficient (Wildman–Crippen LogP) is 7.47. The molecule has 2 aromatic carbocycles. The van der Waals surface area contributed by atoms with Crippen molar-refractivity contribution in [1.29, 1.82) is 0 Å². The van der Waals surface area contributed by atoms with Crippen LogP contribution in [0.25, 0.3) is 31.6 Å². The minimum Gasteiger partial charge on any atom is -0.307 e. The third kappa shape index (κ3) is 4.62. The zero-order valence-electron chi connectivity index (χ0n) is 18.2. The number of amides is 1. The van der Waals surface area contributed by atoms with Crippen LogP contribution in [0.4, 0.5) is 5.82 Å². The largest absolute Gasteiger partial charge is 0.307 e. The highest BCUT2D eigenvalue weighted by Gasteiger charge is 2.18. The number of benzene rings is 2. The lowest BCUT2D eigenvalue weighted by molar-refractivity contribution is 0.102. The number of hydrogen-bond donors (Lipinski definition) is 1. The summed E-state index contributed by atoms with van der Waals surface area (Å²) in [5, 5.41) is 6.05. The molecule has 33 heavy (non-hydrogen) atoms. The first-order chi connectivity index (χ1) is 16.1. The van der Waals surface area contributed by atoms with Crippen molar-refractivity contribution in [2.75, 3.05) is 5.32 Å². The Bertz CT molecular complexity index is 1440. The number of nitrogens with one attached hydrogen (secondary N) is 1. The molecule has 3 heterocycles. The van der Waals surface area contributed by atoms with Gasteiger partial charge in [-0.2, -0.15) is 0 Å². The molecule has 0 bridgehead atoms. The number of thiophene rings is 1. The van der Waals surface area contributed by atoms with Gasteiger partial charge in [-0.15, -0.1) is 22.7 Å². The lowest BCUT2D eigenvalue weighted by Crippen LogP contribution is -2.12. The van der Waals surface area contributed by atoms with Crippen molar-refractivity contribution in [2.24, 2.45) is 0 Å². The van der Waals surface area contributed by atoms with Crippen LogP contribution in [0.15, 0.2) is 84.4 Å². The van der Waals surface area contributed by atoms with Crippen molar-refractivity contribution in [1.82, 2.24) is 9.97 Å². The number of aryl methyl sites for hydroxylation is 2. The van der Waals surface area contributed by atoms with Gasteiger partial charge in [-0.1, -0.05) is 42.0 Å². The first kappa shape index (κ1) is 21.2. The van der Waals surface area contributed by atoms with Gasteiger partial charge in [0.1, 0.15) is 10.8 Å². The standard InChI is InChI=1S/C27H21N3OS2/c1-17-7-6-10-20(13-17)24-25(33-27(30-24)22-14-18(2)16-32-22)21-11-12-28-23(15-21)29-26(31)19-8-4-3-5-9-19/h3-16H,1-2H3,(H,28,29,31). The van der Waals surface area contributed by atoms with E-state index < -0.39 is 0 Å². The normalized spacial score (nSPS) is 10.8. The number of hydrogen-bond acceptors (Lipinski definition) is 5. The predicted molar refractivity (Wildman–Crippen MR) is 138 cm³/mol. The average Bonchev–Trinajstić information content (AvgIpc) is 3.46. The summed E-state index contributed by atoms with van der Waals surface area (Å²) in [5.41, 5.74) is 6.01. The van der Waals surface area contributed by atoms with Crippen LogP contribution < -0.4 is 5.32 Å². The van der Waals surface area contributed by atoms with E-state index in [0.717, 1.165) is 31.6 Å². The molecule has 0 atom stereocenters. The van der Waals surface area contributed by atoms with Crippen molar-refractivity contribution in [3.8, 4) is 31.6 Å². The maximum absolute atomic E-state index is 12.6. The summed E-state index contributed by atoms with van der Waals surface area (Å²) in [6.45, 7) is 4.18. The van der Waals surface area contributed by atoms with Gasteiger partial charge in [0, 0.05) is 17.3 Å². The van der Waals surface area contributed by atoms with Crippen molar-refractivity contribution in [3.05, 3.63) is 101 Å². The molecule has 162 valence electrons. The molecule has 1 amide bonds. The van der Waals surface area contributed by atoms with Crippen LogP contribution >= 0.6 is 22.7 Å². The summed E-state index contributed by atoms with van der Waals surface area (Å²) in [5.74, 6) is 0.330. The molecule has 0 aliphatic heterocycles. The van der Waals surface area contributed by atoms with Crippen molar-refractivity contribution in [3.63, 3.8) is 0 Å². The SMILES string of the molecule is Cc1cccc(-c2nc(-c3cc(C)cs3)sc2-c2ccnc(NC(=O)c3ccccc3)c2)c1. The molecule has 0 unspecified atom stereocenters. The second-order valence-electron chi connectivity index (χ2n) is 7.80. The van der Waals surface area contributed by atoms with Gasteiger partial charge in [0.25, 0.3) is 5.91 Å². The third-order valence-corrected chi connectivity index (χ3v) is 7.48. The number of carbonyl (C=O) groups excluding carboxylic acids is 1. The second kappa shape index (κ2) is 9.10. The maximum atomic E-state index is 12.6. The van der Waals surface area contributed by atoms with Gasteiger partial charge in [0.2, 0.25) is 0 Å². The first-order valence-corrected chi connectivity index (χ1v) is 12.2. The van der Waals surface area contributed by atoms with Gasteiger partial charge in [-0.3, -0.25) is 4.79 Å². The fraction of sp³-hybridized carbons (Fsp3) is 0.0741. The molecule has 0 spiro atoms. The Hall–Kier alpha value is -3.61. The number of pyridine rings is 1. The van der Waals surface area contributed by atoms with E-state index in [1.807, 2.05) is 30.3 Å². The van der Waals surface area contributed by atoms with Crippen LogP contribution in [-0.4, -0.2) is 15.9 Å². The van der Waals surface area contributed by atoms with E-state index in [1.165, 1.54) is 11.1 Å². The Labute approximate surface area is 200 Å². The van der Waals surface area contributed by atoms with E-state index in [-0.39, 0.29) is 5.91 Å². The summed E-state index contributed by atoms with van der Waals surface area (Å²) < 4.78 is 0. The Kier molecular flexibility index (Phi) is 5.86. The first-order valence-electron chi connectivity index (χ1n) is 10.5. The summed E-state index contributed by atoms with van der Waals surface area (Å²) in [6.07, 6.45) is 1.73. The van der Waals surface area contributed by atoms with Crippen molar-refractivity contribution >= 4 is 34.4 Å². The second-order valence-corrected chi connectivity index (χ2v) is 9.71. The highest BCUT2D eigenvalue weighted by molar-refractivity contribution is 7.23. The molecule has 0 saturated carbocycles. The number of rotatable bonds is 5. The molecule has 5 rings (SSSR count). The smallest absolute Gasteiger partial charge is 0.256 e. The Morgan fingerprint density at radius 3 is 2.48 bits per heavy atom. The molecule has 0 saturated heterocycles. The van der Waals surface area contributed by atoms with E-state index in [9.17, 15) is 4.79 Å². The van der Waals surface area contributed by atoms with Gasteiger partial charge in [0.05, 0.1) is 15.4 Å². The molecular formula is C27H21N3OS2. The quantitative estimate of drug-likeness (QED) is 0.292. The molecule has 0 fully saturated rings. The fourth-order valence-corrected chi connectivity index (χ4v) is 5.62. The van der Waals surface area contributed by atoms with Crippen molar-refractivity contribution < 1.29 is 4.79 Å². The molecule has 3 aromatic heterocycles. The number of anilines is 1. The third-order valence-electron chi connectivity index (χ3n) is 5.16. The van der Waals surface area contributed by atoms with Crippen LogP contribution in [0.5, 0.6) is 0 Å². The maximum Gasteiger partial charge on any atom is 0.256 e. The lowest BCUT2D eigenvalue weighted by Gasteiger charge is -2.07. The van der Waals surface area contributed by atoms with Gasteiger partial charge in [0.15, 0.2) is 0 Å². The van der Waals surface area contributed by atoms with Crippen LogP contribution in [0, 0.1) is 13.8 Å². The van der Waals surface area contributed by atoms with Crippen LogP contribution in [0.1, 0.15) is 21.5 Å². The van der Waals surface area contributed by atoms with E-state index in [1.54, 1.807) is 41.0 Å². The molecule has 5 aromatic rings. The Morgan fingerprint density at radius 1 is 0.879 bits per heavy atom. The number of carbonyl (C=O) groups is 1. The van der Waals surface area contributed by atoms with Crippen molar-refractivity contribution in [2.45, 2.75) is 13.8 Å². The van der Waals surface area contributed by atoms with Gasteiger partial charge >= 0.3 is 0 Å². The Balaban J connectivity index is 1.56. The van der Waals surface area contributed by atoms with Crippen LogP contribution in [0.3, 0.4) is 0 Å². The fourth-order valence-electron chi connectivity index (χ4n) is 3.57. The van der Waals surface area contributed by atoms with E-state index in [0.29, 0.717) is 11.4 Å².